The van der Waals surface area contributed by atoms with Gasteiger partial charge in [-0.2, -0.15) is 0 Å². The summed E-state index contributed by atoms with van der Waals surface area (Å²) in [6.07, 6.45) is 7.47. The van der Waals surface area contributed by atoms with E-state index >= 15 is 0 Å². The van der Waals surface area contributed by atoms with E-state index in [1.165, 1.54) is 17.0 Å². The molecule has 1 saturated carbocycles. The molecule has 1 saturated heterocycles. The van der Waals surface area contributed by atoms with Gasteiger partial charge in [-0.05, 0) is 32.6 Å². The first-order valence-corrected chi connectivity index (χ1v) is 12.5. The number of fused-ring (bicyclic) bond motifs is 2. The van der Waals surface area contributed by atoms with E-state index in [1.54, 1.807) is 0 Å². The van der Waals surface area contributed by atoms with Gasteiger partial charge in [0.15, 0.2) is 0 Å². The number of esters is 2. The smallest absolute Gasteiger partial charge is 0.334 e. The summed E-state index contributed by atoms with van der Waals surface area (Å²) in [5, 5.41) is 0. The van der Waals surface area contributed by atoms with Crippen LogP contribution in [0, 0.1) is 11.8 Å². The van der Waals surface area contributed by atoms with E-state index in [9.17, 15) is 18.0 Å². The molecule has 0 aromatic heterocycles. The lowest BCUT2D eigenvalue weighted by Crippen LogP contribution is -2.48. The Morgan fingerprint density at radius 3 is 2.31 bits per heavy atom. The molecule has 29 heavy (non-hydrogen) atoms. The third-order valence-corrected chi connectivity index (χ3v) is 7.11. The minimum atomic E-state index is -3.24. The van der Waals surface area contributed by atoms with Crippen LogP contribution in [0.1, 0.15) is 65.2 Å². The lowest BCUT2D eigenvalue weighted by atomic mass is 9.96. The molecule has 2 bridgehead atoms. The zero-order valence-corrected chi connectivity index (χ0v) is 18.7. The molecule has 1 aliphatic carbocycles. The molecule has 0 radical (unpaired) electrons. The van der Waals surface area contributed by atoms with Crippen molar-refractivity contribution in [3.8, 4) is 0 Å². The number of nitrogens with zero attached hydrogens (tertiary/aromatic N) is 1. The fraction of sp³-hybridized carbons (Fsp3) is 0.810. The molecule has 0 aromatic rings. The summed E-state index contributed by atoms with van der Waals surface area (Å²) in [5.41, 5.74) is 0.0816. The summed E-state index contributed by atoms with van der Waals surface area (Å²) in [6, 6.07) is 0. The summed E-state index contributed by atoms with van der Waals surface area (Å²) in [5.74, 6) is -1.07. The van der Waals surface area contributed by atoms with Gasteiger partial charge in [0.2, 0.25) is 10.0 Å². The van der Waals surface area contributed by atoms with Gasteiger partial charge >= 0.3 is 11.9 Å². The second-order valence-electron chi connectivity index (χ2n) is 8.48. The second kappa shape index (κ2) is 10.6. The molecule has 0 unspecified atom stereocenters. The van der Waals surface area contributed by atoms with E-state index in [4.69, 9.17) is 9.47 Å². The number of hydrogen-bond acceptors (Lipinski definition) is 6. The summed E-state index contributed by atoms with van der Waals surface area (Å²) >= 11 is 0. The summed E-state index contributed by atoms with van der Waals surface area (Å²) in [4.78, 5) is 24.5. The molecule has 4 atom stereocenters. The van der Waals surface area contributed by atoms with Crippen LogP contribution in [0.25, 0.3) is 0 Å². The number of carbonyl (C=O) groups is 2. The Hall–Kier alpha value is -1.41. The fourth-order valence-corrected chi connectivity index (χ4v) is 5.15. The number of piperidine rings is 1. The molecule has 8 heteroatoms. The summed E-state index contributed by atoms with van der Waals surface area (Å²) in [6.45, 7) is 8.45. The zero-order valence-electron chi connectivity index (χ0n) is 17.9. The third kappa shape index (κ3) is 7.10. The van der Waals surface area contributed by atoms with E-state index in [-0.39, 0.29) is 36.0 Å². The summed E-state index contributed by atoms with van der Waals surface area (Å²) in [7, 11) is -3.24. The first-order valence-electron chi connectivity index (χ1n) is 10.6. The molecular formula is C21H35NO6S. The molecule has 2 rings (SSSR count). The Morgan fingerprint density at radius 2 is 1.76 bits per heavy atom. The highest BCUT2D eigenvalue weighted by molar-refractivity contribution is 7.88. The van der Waals surface area contributed by atoms with Crippen molar-refractivity contribution in [2.24, 2.45) is 11.8 Å². The molecule has 2 aliphatic rings. The molecule has 7 nitrogen and oxygen atoms in total. The number of rotatable bonds is 11. The topological polar surface area (TPSA) is 90.0 Å². The number of unbranched alkanes of at least 4 members (excludes halogenated alkanes) is 3. The first-order chi connectivity index (χ1) is 13.6. The van der Waals surface area contributed by atoms with E-state index in [2.05, 4.69) is 13.5 Å². The van der Waals surface area contributed by atoms with E-state index in [0.29, 0.717) is 13.1 Å². The van der Waals surface area contributed by atoms with Crippen molar-refractivity contribution in [2.75, 3.05) is 19.3 Å². The van der Waals surface area contributed by atoms with Crippen molar-refractivity contribution in [2.45, 2.75) is 77.4 Å². The predicted molar refractivity (Wildman–Crippen MR) is 111 cm³/mol. The number of carbonyl (C=O) groups excluding carboxylic acids is 2. The maximum atomic E-state index is 12.4. The van der Waals surface area contributed by atoms with Gasteiger partial charge in [0.05, 0.1) is 18.8 Å². The van der Waals surface area contributed by atoms with Gasteiger partial charge in [-0.1, -0.05) is 32.8 Å². The SMILES string of the molecule is C=C(CC(=O)O[C@H](C)CCCCCC)C(=O)O[C@H]1[C@@H]2CC[C@H]1CN(S(C)(=O)=O)C2. The molecule has 166 valence electrons. The molecule has 1 aliphatic heterocycles. The minimum Gasteiger partial charge on any atom is -0.462 e. The maximum absolute atomic E-state index is 12.4. The van der Waals surface area contributed by atoms with Crippen LogP contribution in [0.5, 0.6) is 0 Å². The summed E-state index contributed by atoms with van der Waals surface area (Å²) < 4.78 is 36.1. The van der Waals surface area contributed by atoms with Crippen molar-refractivity contribution >= 4 is 22.0 Å². The van der Waals surface area contributed by atoms with Gasteiger partial charge in [-0.15, -0.1) is 0 Å². The van der Waals surface area contributed by atoms with Crippen LogP contribution in [-0.4, -0.2) is 56.2 Å². The quantitative estimate of drug-likeness (QED) is 0.285. The molecule has 0 amide bonds. The van der Waals surface area contributed by atoms with Gasteiger partial charge in [0.1, 0.15) is 6.10 Å². The van der Waals surface area contributed by atoms with Crippen LogP contribution in [-0.2, 0) is 29.1 Å². The Morgan fingerprint density at radius 1 is 1.14 bits per heavy atom. The van der Waals surface area contributed by atoms with Gasteiger partial charge in [-0.3, -0.25) is 4.79 Å². The Kier molecular flexibility index (Phi) is 8.70. The minimum absolute atomic E-state index is 0.00433. The monoisotopic (exact) mass is 429 g/mol. The molecular weight excluding hydrogens is 394 g/mol. The van der Waals surface area contributed by atoms with Crippen LogP contribution in [0.15, 0.2) is 12.2 Å². The Bertz CT molecular complexity index is 690. The highest BCUT2D eigenvalue weighted by Gasteiger charge is 2.46. The van der Waals surface area contributed by atoms with Gasteiger partial charge < -0.3 is 9.47 Å². The molecule has 0 spiro atoms. The highest BCUT2D eigenvalue weighted by atomic mass is 32.2. The van der Waals surface area contributed by atoms with Crippen LogP contribution >= 0.6 is 0 Å². The third-order valence-electron chi connectivity index (χ3n) is 5.87. The Labute approximate surface area is 174 Å². The van der Waals surface area contributed by atoms with Crippen LogP contribution in [0.3, 0.4) is 0 Å². The maximum Gasteiger partial charge on any atom is 0.334 e. The largest absolute Gasteiger partial charge is 0.462 e. The van der Waals surface area contributed by atoms with Crippen LogP contribution in [0.4, 0.5) is 0 Å². The van der Waals surface area contributed by atoms with E-state index < -0.39 is 22.0 Å². The van der Waals surface area contributed by atoms with Crippen molar-refractivity contribution in [3.05, 3.63) is 12.2 Å². The lowest BCUT2D eigenvalue weighted by Gasteiger charge is -2.36. The van der Waals surface area contributed by atoms with Crippen molar-refractivity contribution < 1.29 is 27.5 Å². The number of hydrogen-bond donors (Lipinski definition) is 0. The second-order valence-corrected chi connectivity index (χ2v) is 10.5. The van der Waals surface area contributed by atoms with Crippen molar-refractivity contribution in [3.63, 3.8) is 0 Å². The van der Waals surface area contributed by atoms with E-state index in [0.717, 1.165) is 38.5 Å². The van der Waals surface area contributed by atoms with Crippen LogP contribution < -0.4 is 0 Å². The number of sulfonamides is 1. The van der Waals surface area contributed by atoms with E-state index in [1.807, 2.05) is 6.92 Å². The standard InChI is InChI=1S/C21H35NO6S/c1-5-6-7-8-9-16(3)27-19(23)12-15(2)21(24)28-20-17-10-11-18(20)14-22(13-17)29(4,25)26/h16-18,20H,2,5-14H2,1,3-4H3/t16-,17-,18+,20+/m1/s1. The average Bonchev–Trinajstić information content (AvgIpc) is 2.85. The molecule has 1 heterocycles. The van der Waals surface area contributed by atoms with Crippen molar-refractivity contribution in [1.82, 2.24) is 4.31 Å². The average molecular weight is 430 g/mol. The molecule has 0 N–H and O–H groups in total. The highest BCUT2D eigenvalue weighted by Crippen LogP contribution is 2.40. The Balaban J connectivity index is 1.77. The molecule has 2 fully saturated rings. The predicted octanol–water partition coefficient (Wildman–Crippen LogP) is 3.05. The zero-order chi connectivity index (χ0) is 21.6. The van der Waals surface area contributed by atoms with Crippen LogP contribution in [0.2, 0.25) is 0 Å². The van der Waals surface area contributed by atoms with Gasteiger partial charge in [0.25, 0.3) is 0 Å². The first kappa shape index (κ1) is 23.9. The number of ether oxygens (including phenoxy) is 2. The van der Waals surface area contributed by atoms with Gasteiger partial charge in [-0.25, -0.2) is 17.5 Å². The normalized spacial score (nSPS) is 25.4. The fourth-order valence-electron chi connectivity index (χ4n) is 4.23. The lowest BCUT2D eigenvalue weighted by molar-refractivity contribution is -0.154. The molecule has 0 aromatic carbocycles. The van der Waals surface area contributed by atoms with Crippen molar-refractivity contribution in [1.29, 1.82) is 0 Å². The van der Waals surface area contributed by atoms with Gasteiger partial charge in [0, 0.05) is 30.5 Å².